The second-order valence-corrected chi connectivity index (χ2v) is 6.24. The van der Waals surface area contributed by atoms with Crippen molar-refractivity contribution in [2.45, 2.75) is 13.5 Å². The number of halogens is 1. The van der Waals surface area contributed by atoms with Gasteiger partial charge in [-0.15, -0.1) is 0 Å². The molecule has 0 aliphatic carbocycles. The predicted molar refractivity (Wildman–Crippen MR) is 94.6 cm³/mol. The Hall–Kier alpha value is -2.66. The molecule has 2 heterocycles. The minimum absolute atomic E-state index is 0.264. The monoisotopic (exact) mass is 357 g/mol. The number of carbonyl (C=O) groups is 1. The molecule has 1 amide bonds. The maximum absolute atomic E-state index is 12.5. The van der Waals surface area contributed by atoms with Crippen LogP contribution in [-0.4, -0.2) is 19.1 Å². The fourth-order valence-electron chi connectivity index (χ4n) is 2.92. The van der Waals surface area contributed by atoms with Crippen LogP contribution in [0.4, 0.5) is 0 Å². The number of carbonyl (C=O) groups excluding carboxylic acids is 1. The lowest BCUT2D eigenvalue weighted by molar-refractivity contribution is 0.0924. The van der Waals surface area contributed by atoms with Crippen molar-refractivity contribution in [1.82, 2.24) is 5.32 Å². The summed E-state index contributed by atoms with van der Waals surface area (Å²) in [5, 5.41) is 4.28. The van der Waals surface area contributed by atoms with E-state index in [1.54, 1.807) is 6.07 Å². The number of rotatable bonds is 3. The van der Waals surface area contributed by atoms with Gasteiger partial charge >= 0.3 is 0 Å². The summed E-state index contributed by atoms with van der Waals surface area (Å²) in [6.07, 6.45) is 0. The van der Waals surface area contributed by atoms with E-state index in [1.807, 2.05) is 37.3 Å². The van der Waals surface area contributed by atoms with Gasteiger partial charge in [-0.25, -0.2) is 0 Å². The van der Waals surface area contributed by atoms with Gasteiger partial charge in [-0.05, 0) is 30.7 Å². The molecule has 128 valence electrons. The second kappa shape index (κ2) is 6.33. The summed E-state index contributed by atoms with van der Waals surface area (Å²) >= 11 is 6.22. The lowest BCUT2D eigenvalue weighted by Gasteiger charge is -2.20. The highest BCUT2D eigenvalue weighted by Gasteiger charge is 2.19. The number of ether oxygens (including phenoxy) is 2. The number of amides is 1. The van der Waals surface area contributed by atoms with Crippen LogP contribution in [0.25, 0.3) is 11.0 Å². The van der Waals surface area contributed by atoms with Crippen LogP contribution >= 0.6 is 11.6 Å². The zero-order valence-corrected chi connectivity index (χ0v) is 14.4. The topological polar surface area (TPSA) is 60.7 Å². The first-order valence-electron chi connectivity index (χ1n) is 7.98. The zero-order chi connectivity index (χ0) is 17.4. The number of aryl methyl sites for hydroxylation is 1. The predicted octanol–water partition coefficient (Wildman–Crippen LogP) is 4.10. The maximum Gasteiger partial charge on any atom is 0.287 e. The molecule has 1 N–H and O–H groups in total. The summed E-state index contributed by atoms with van der Waals surface area (Å²) in [5.41, 5.74) is 2.36. The Kier molecular flexibility index (Phi) is 4.01. The van der Waals surface area contributed by atoms with Crippen LogP contribution < -0.4 is 14.8 Å². The standard InChI is InChI=1S/C19H16ClNO4/c1-11-13-4-2-3-5-15(13)25-17(11)19(22)21-10-12-8-14(20)18-16(9-12)23-6-7-24-18/h2-5,8-9H,6-7,10H2,1H3,(H,21,22). The number of nitrogens with one attached hydrogen (secondary N) is 1. The molecule has 0 saturated carbocycles. The smallest absolute Gasteiger partial charge is 0.287 e. The molecule has 0 saturated heterocycles. The third-order valence-corrected chi connectivity index (χ3v) is 4.44. The van der Waals surface area contributed by atoms with Gasteiger partial charge in [-0.1, -0.05) is 29.8 Å². The van der Waals surface area contributed by atoms with Crippen LogP contribution in [0.15, 0.2) is 40.8 Å². The van der Waals surface area contributed by atoms with Crippen LogP contribution in [0.2, 0.25) is 5.02 Å². The fourth-order valence-corrected chi connectivity index (χ4v) is 3.21. The van der Waals surface area contributed by atoms with Crippen molar-refractivity contribution in [3.63, 3.8) is 0 Å². The van der Waals surface area contributed by atoms with Gasteiger partial charge in [-0.3, -0.25) is 4.79 Å². The largest absolute Gasteiger partial charge is 0.486 e. The molecule has 1 aromatic heterocycles. The fraction of sp³-hybridized carbons (Fsp3) is 0.211. The molecule has 0 radical (unpaired) electrons. The quantitative estimate of drug-likeness (QED) is 0.766. The Morgan fingerprint density at radius 3 is 2.84 bits per heavy atom. The van der Waals surface area contributed by atoms with Crippen molar-refractivity contribution in [3.8, 4) is 11.5 Å². The van der Waals surface area contributed by atoms with E-state index in [4.69, 9.17) is 25.5 Å². The highest BCUT2D eigenvalue weighted by atomic mass is 35.5. The molecule has 3 aromatic rings. The van der Waals surface area contributed by atoms with Crippen molar-refractivity contribution in [1.29, 1.82) is 0 Å². The zero-order valence-electron chi connectivity index (χ0n) is 13.6. The second-order valence-electron chi connectivity index (χ2n) is 5.84. The summed E-state index contributed by atoms with van der Waals surface area (Å²) in [4.78, 5) is 12.5. The third kappa shape index (κ3) is 2.91. The van der Waals surface area contributed by atoms with Crippen LogP contribution in [0.1, 0.15) is 21.7 Å². The van der Waals surface area contributed by atoms with Crippen LogP contribution in [-0.2, 0) is 6.54 Å². The molecule has 0 unspecified atom stereocenters. The van der Waals surface area contributed by atoms with E-state index in [2.05, 4.69) is 5.32 Å². The van der Waals surface area contributed by atoms with E-state index >= 15 is 0 Å². The van der Waals surface area contributed by atoms with E-state index in [0.29, 0.717) is 47.6 Å². The summed E-state index contributed by atoms with van der Waals surface area (Å²) in [6.45, 7) is 3.15. The van der Waals surface area contributed by atoms with Crippen molar-refractivity contribution in [2.75, 3.05) is 13.2 Å². The SMILES string of the molecule is Cc1c(C(=O)NCc2cc(Cl)c3c(c2)OCCO3)oc2ccccc12. The first-order chi connectivity index (χ1) is 12.1. The number of para-hydroxylation sites is 1. The Morgan fingerprint density at radius 1 is 1.20 bits per heavy atom. The van der Waals surface area contributed by atoms with Crippen molar-refractivity contribution < 1.29 is 18.7 Å². The summed E-state index contributed by atoms with van der Waals surface area (Å²) in [6, 6.07) is 11.2. The molecule has 6 heteroatoms. The Balaban J connectivity index is 1.53. The Morgan fingerprint density at radius 2 is 2.00 bits per heavy atom. The minimum atomic E-state index is -0.264. The molecular weight excluding hydrogens is 342 g/mol. The van der Waals surface area contributed by atoms with Gasteiger partial charge in [0.1, 0.15) is 18.8 Å². The molecule has 1 aliphatic heterocycles. The Labute approximate surface area is 149 Å². The van der Waals surface area contributed by atoms with Crippen LogP contribution in [0.5, 0.6) is 11.5 Å². The molecule has 5 nitrogen and oxygen atoms in total. The molecule has 2 aromatic carbocycles. The highest BCUT2D eigenvalue weighted by molar-refractivity contribution is 6.32. The van der Waals surface area contributed by atoms with E-state index in [1.165, 1.54) is 0 Å². The van der Waals surface area contributed by atoms with Gasteiger partial charge in [0.25, 0.3) is 5.91 Å². The molecule has 0 bridgehead atoms. The minimum Gasteiger partial charge on any atom is -0.486 e. The molecule has 25 heavy (non-hydrogen) atoms. The van der Waals surface area contributed by atoms with Gasteiger partial charge in [0.05, 0.1) is 5.02 Å². The molecule has 0 spiro atoms. The van der Waals surface area contributed by atoms with Crippen molar-refractivity contribution in [3.05, 3.63) is 58.3 Å². The number of hydrogen-bond donors (Lipinski definition) is 1. The lowest BCUT2D eigenvalue weighted by Crippen LogP contribution is -2.23. The number of benzene rings is 2. The van der Waals surface area contributed by atoms with E-state index in [-0.39, 0.29) is 5.91 Å². The van der Waals surface area contributed by atoms with Gasteiger partial charge < -0.3 is 19.2 Å². The molecular formula is C19H16ClNO4. The highest BCUT2D eigenvalue weighted by Crippen LogP contribution is 2.38. The summed E-state index contributed by atoms with van der Waals surface area (Å²) in [7, 11) is 0. The average molecular weight is 358 g/mol. The van der Waals surface area contributed by atoms with Gasteiger partial charge in [0.15, 0.2) is 17.3 Å². The number of furan rings is 1. The summed E-state index contributed by atoms with van der Waals surface area (Å²) < 4.78 is 16.7. The van der Waals surface area contributed by atoms with Crippen molar-refractivity contribution in [2.24, 2.45) is 0 Å². The molecule has 1 aliphatic rings. The van der Waals surface area contributed by atoms with Gasteiger partial charge in [0.2, 0.25) is 0 Å². The summed E-state index contributed by atoms with van der Waals surface area (Å²) in [5.74, 6) is 1.21. The lowest BCUT2D eigenvalue weighted by atomic mass is 10.1. The normalized spacial score (nSPS) is 13.0. The Bertz CT molecular complexity index is 963. The average Bonchev–Trinajstić information content (AvgIpc) is 2.97. The maximum atomic E-state index is 12.5. The molecule has 0 atom stereocenters. The van der Waals surface area contributed by atoms with E-state index < -0.39 is 0 Å². The third-order valence-electron chi connectivity index (χ3n) is 4.16. The van der Waals surface area contributed by atoms with Crippen molar-refractivity contribution >= 4 is 28.5 Å². The number of fused-ring (bicyclic) bond motifs is 2. The van der Waals surface area contributed by atoms with E-state index in [9.17, 15) is 4.79 Å². The molecule has 0 fully saturated rings. The van der Waals surface area contributed by atoms with E-state index in [0.717, 1.165) is 16.5 Å². The van der Waals surface area contributed by atoms with Gasteiger partial charge in [0, 0.05) is 17.5 Å². The number of hydrogen-bond acceptors (Lipinski definition) is 4. The first-order valence-corrected chi connectivity index (χ1v) is 8.35. The van der Waals surface area contributed by atoms with Crippen LogP contribution in [0, 0.1) is 6.92 Å². The first kappa shape index (κ1) is 15.8. The molecule has 4 rings (SSSR count). The van der Waals surface area contributed by atoms with Gasteiger partial charge in [-0.2, -0.15) is 0 Å². The van der Waals surface area contributed by atoms with Crippen LogP contribution in [0.3, 0.4) is 0 Å².